The molecule has 2 unspecified atom stereocenters. The van der Waals surface area contributed by atoms with Crippen LogP contribution in [0.25, 0.3) is 0 Å². The predicted octanol–water partition coefficient (Wildman–Crippen LogP) is 3.66. The van der Waals surface area contributed by atoms with E-state index in [9.17, 15) is 4.79 Å². The largest absolute Gasteiger partial charge is 0.478 e. The van der Waals surface area contributed by atoms with Crippen LogP contribution in [-0.4, -0.2) is 32.3 Å². The summed E-state index contributed by atoms with van der Waals surface area (Å²) in [5.41, 5.74) is 3.15. The summed E-state index contributed by atoms with van der Waals surface area (Å²) in [6.07, 6.45) is 4.70. The molecular formula is C18H25NO3. The van der Waals surface area contributed by atoms with Crippen LogP contribution >= 0.6 is 0 Å². The molecule has 1 rings (SSSR count). The first kappa shape index (κ1) is 18.0. The van der Waals surface area contributed by atoms with Gasteiger partial charge in [-0.25, -0.2) is 4.79 Å². The number of anilines is 1. The van der Waals surface area contributed by atoms with Crippen molar-refractivity contribution in [1.82, 2.24) is 0 Å². The molecule has 2 atom stereocenters. The van der Waals surface area contributed by atoms with Crippen LogP contribution in [-0.2, 0) is 9.53 Å². The van der Waals surface area contributed by atoms with Gasteiger partial charge >= 0.3 is 5.97 Å². The first-order chi connectivity index (χ1) is 10.3. The number of hydrogen-bond donors (Lipinski definition) is 1. The van der Waals surface area contributed by atoms with Gasteiger partial charge in [-0.05, 0) is 24.6 Å². The van der Waals surface area contributed by atoms with E-state index < -0.39 is 5.97 Å². The van der Waals surface area contributed by atoms with Gasteiger partial charge in [-0.1, -0.05) is 36.8 Å². The van der Waals surface area contributed by atoms with Gasteiger partial charge in [0.2, 0.25) is 0 Å². The first-order valence-electron chi connectivity index (χ1n) is 7.24. The summed E-state index contributed by atoms with van der Waals surface area (Å²) >= 11 is 0. The van der Waals surface area contributed by atoms with E-state index in [4.69, 9.17) is 9.84 Å². The van der Waals surface area contributed by atoms with Gasteiger partial charge in [0.25, 0.3) is 0 Å². The maximum atomic E-state index is 10.5. The second-order valence-corrected chi connectivity index (χ2v) is 5.58. The van der Waals surface area contributed by atoms with Crippen molar-refractivity contribution < 1.29 is 14.6 Å². The van der Waals surface area contributed by atoms with E-state index in [-0.39, 0.29) is 12.0 Å². The van der Waals surface area contributed by atoms with E-state index in [0.717, 1.165) is 22.9 Å². The summed E-state index contributed by atoms with van der Waals surface area (Å²) < 4.78 is 5.63. The van der Waals surface area contributed by atoms with Gasteiger partial charge in [0, 0.05) is 38.9 Å². The minimum absolute atomic E-state index is 0.0654. The second-order valence-electron chi connectivity index (χ2n) is 5.58. The van der Waals surface area contributed by atoms with Crippen LogP contribution in [0, 0.1) is 5.92 Å². The van der Waals surface area contributed by atoms with Crippen molar-refractivity contribution >= 4 is 11.7 Å². The molecule has 0 amide bonds. The van der Waals surface area contributed by atoms with Gasteiger partial charge in [0.15, 0.2) is 0 Å². The quantitative estimate of drug-likeness (QED) is 0.617. The summed E-state index contributed by atoms with van der Waals surface area (Å²) in [4.78, 5) is 12.6. The Morgan fingerprint density at radius 1 is 1.23 bits per heavy atom. The van der Waals surface area contributed by atoms with Gasteiger partial charge in [0.05, 0.1) is 6.10 Å². The van der Waals surface area contributed by atoms with E-state index in [1.54, 1.807) is 13.2 Å². The molecule has 22 heavy (non-hydrogen) atoms. The molecule has 0 spiro atoms. The Hall–Kier alpha value is -2.07. The van der Waals surface area contributed by atoms with Crippen molar-refractivity contribution in [3.63, 3.8) is 0 Å². The monoisotopic (exact) mass is 303 g/mol. The smallest absolute Gasteiger partial charge is 0.328 e. The molecule has 4 nitrogen and oxygen atoms in total. The molecule has 4 heteroatoms. The van der Waals surface area contributed by atoms with Crippen LogP contribution < -0.4 is 4.90 Å². The summed E-state index contributed by atoms with van der Waals surface area (Å²) in [6.45, 7) is 3.95. The molecule has 0 aromatic heterocycles. The number of nitrogens with zero attached hydrogens (tertiary/aromatic N) is 1. The Labute approximate surface area is 132 Å². The minimum atomic E-state index is -0.942. The fourth-order valence-electron chi connectivity index (χ4n) is 2.38. The third kappa shape index (κ3) is 5.37. The van der Waals surface area contributed by atoms with Crippen molar-refractivity contribution in [2.75, 3.05) is 26.1 Å². The van der Waals surface area contributed by atoms with Crippen molar-refractivity contribution in [3.8, 4) is 0 Å². The number of ether oxygens (including phenoxy) is 1. The van der Waals surface area contributed by atoms with E-state index in [1.165, 1.54) is 0 Å². The average molecular weight is 303 g/mol. The summed E-state index contributed by atoms with van der Waals surface area (Å²) in [7, 11) is 5.70. The van der Waals surface area contributed by atoms with E-state index in [0.29, 0.717) is 0 Å². The van der Waals surface area contributed by atoms with Crippen LogP contribution in [0.15, 0.2) is 48.1 Å². The third-order valence-corrected chi connectivity index (χ3v) is 3.48. The molecule has 1 aromatic rings. The number of benzene rings is 1. The fraction of sp³-hybridized carbons (Fsp3) is 0.389. The molecule has 0 bridgehead atoms. The van der Waals surface area contributed by atoms with Gasteiger partial charge in [-0.2, -0.15) is 0 Å². The van der Waals surface area contributed by atoms with Crippen LogP contribution in [0.2, 0.25) is 0 Å². The van der Waals surface area contributed by atoms with Crippen molar-refractivity contribution in [1.29, 1.82) is 0 Å². The highest BCUT2D eigenvalue weighted by atomic mass is 16.5. The van der Waals surface area contributed by atoms with Crippen LogP contribution in [0.3, 0.4) is 0 Å². The molecule has 0 saturated heterocycles. The Morgan fingerprint density at radius 3 is 2.27 bits per heavy atom. The number of carboxylic acid groups (broad SMARTS) is 1. The SMILES string of the molecule is COC(c1ccc(N(C)C)cc1)C(C)/C=C(C)/C=C/C(=O)O. The van der Waals surface area contributed by atoms with Gasteiger partial charge in [-0.15, -0.1) is 0 Å². The summed E-state index contributed by atoms with van der Waals surface area (Å²) in [5.74, 6) is -0.809. The molecular weight excluding hydrogens is 278 g/mol. The lowest BCUT2D eigenvalue weighted by Gasteiger charge is -2.22. The van der Waals surface area contributed by atoms with E-state index in [2.05, 4.69) is 36.1 Å². The Kier molecular flexibility index (Phi) is 6.86. The first-order valence-corrected chi connectivity index (χ1v) is 7.24. The summed E-state index contributed by atoms with van der Waals surface area (Å²) in [6, 6.07) is 8.26. The lowest BCUT2D eigenvalue weighted by molar-refractivity contribution is -0.131. The zero-order valence-electron chi connectivity index (χ0n) is 13.9. The Morgan fingerprint density at radius 2 is 1.82 bits per heavy atom. The van der Waals surface area contributed by atoms with Crippen molar-refractivity contribution in [2.45, 2.75) is 20.0 Å². The van der Waals surface area contributed by atoms with Gasteiger partial charge in [0.1, 0.15) is 0 Å². The highest BCUT2D eigenvalue weighted by Crippen LogP contribution is 2.28. The fourth-order valence-corrected chi connectivity index (χ4v) is 2.38. The Balaban J connectivity index is 2.90. The number of carboxylic acids is 1. The highest BCUT2D eigenvalue weighted by molar-refractivity contribution is 5.80. The third-order valence-electron chi connectivity index (χ3n) is 3.48. The molecule has 0 aliphatic heterocycles. The van der Waals surface area contributed by atoms with E-state index >= 15 is 0 Å². The maximum Gasteiger partial charge on any atom is 0.328 e. The lowest BCUT2D eigenvalue weighted by atomic mass is 9.95. The molecule has 0 radical (unpaired) electrons. The molecule has 1 N–H and O–H groups in total. The van der Waals surface area contributed by atoms with Gasteiger partial charge in [-0.3, -0.25) is 0 Å². The van der Waals surface area contributed by atoms with Crippen LogP contribution in [0.4, 0.5) is 5.69 Å². The van der Waals surface area contributed by atoms with E-state index in [1.807, 2.05) is 27.1 Å². The van der Waals surface area contributed by atoms with Gasteiger partial charge < -0.3 is 14.7 Å². The standard InChI is InChI=1S/C18H25NO3/c1-13(6-11-17(20)21)12-14(2)18(22-5)15-7-9-16(10-8-15)19(3)4/h6-12,14,18H,1-5H3,(H,20,21)/b11-6+,13-12+. The average Bonchev–Trinajstić information content (AvgIpc) is 2.46. The molecule has 0 heterocycles. The van der Waals surface area contributed by atoms with Crippen LogP contribution in [0.1, 0.15) is 25.5 Å². The molecule has 120 valence electrons. The second kappa shape index (κ2) is 8.39. The molecule has 1 aromatic carbocycles. The zero-order valence-corrected chi connectivity index (χ0v) is 13.9. The predicted molar refractivity (Wildman–Crippen MR) is 90.2 cm³/mol. The number of allylic oxidation sites excluding steroid dienone is 2. The van der Waals surface area contributed by atoms with Crippen molar-refractivity contribution in [2.24, 2.45) is 5.92 Å². The minimum Gasteiger partial charge on any atom is -0.478 e. The number of hydrogen-bond acceptors (Lipinski definition) is 3. The summed E-state index contributed by atoms with van der Waals surface area (Å²) in [5, 5.41) is 8.66. The Bertz CT molecular complexity index is 544. The molecule has 0 saturated carbocycles. The molecule has 0 aliphatic carbocycles. The van der Waals surface area contributed by atoms with Crippen molar-refractivity contribution in [3.05, 3.63) is 53.6 Å². The van der Waals surface area contributed by atoms with Crippen LogP contribution in [0.5, 0.6) is 0 Å². The number of carbonyl (C=O) groups is 1. The molecule has 0 fully saturated rings. The lowest BCUT2D eigenvalue weighted by Crippen LogP contribution is -2.12. The molecule has 0 aliphatic rings. The topological polar surface area (TPSA) is 49.8 Å². The number of methoxy groups -OCH3 is 1. The number of rotatable bonds is 7. The normalized spacial score (nSPS) is 14.9. The zero-order chi connectivity index (χ0) is 16.7. The number of aliphatic carboxylic acids is 1. The highest BCUT2D eigenvalue weighted by Gasteiger charge is 2.17. The maximum absolute atomic E-state index is 10.5.